The first-order chi connectivity index (χ1) is 8.83. The van der Waals surface area contributed by atoms with Crippen LogP contribution in [0.4, 0.5) is 0 Å². The Balaban J connectivity index is 1.60. The highest BCUT2D eigenvalue weighted by Gasteiger charge is 2.25. The highest BCUT2D eigenvalue weighted by atomic mass is 32.2. The summed E-state index contributed by atoms with van der Waals surface area (Å²) in [6.45, 7) is 1.05. The van der Waals surface area contributed by atoms with Crippen molar-refractivity contribution in [1.82, 2.24) is 5.32 Å². The van der Waals surface area contributed by atoms with E-state index in [1.807, 2.05) is 11.8 Å². The van der Waals surface area contributed by atoms with Gasteiger partial charge in [0.05, 0.1) is 6.10 Å². The predicted molar refractivity (Wildman–Crippen MR) is 76.7 cm³/mol. The number of thioether (sulfide) groups is 1. The lowest BCUT2D eigenvalue weighted by Gasteiger charge is -2.27. The van der Waals surface area contributed by atoms with Gasteiger partial charge in [0.2, 0.25) is 0 Å². The molecule has 3 atom stereocenters. The normalized spacial score (nSPS) is 31.3. The molecule has 0 spiro atoms. The van der Waals surface area contributed by atoms with Crippen LogP contribution in [0.25, 0.3) is 0 Å². The monoisotopic (exact) mass is 263 g/mol. The first kappa shape index (κ1) is 12.5. The molecule has 1 aliphatic heterocycles. The Hall–Kier alpha value is -0.510. The zero-order chi connectivity index (χ0) is 12.4. The summed E-state index contributed by atoms with van der Waals surface area (Å²) in [4.78, 5) is 0. The molecule has 0 aromatic heterocycles. The van der Waals surface area contributed by atoms with Crippen molar-refractivity contribution in [2.24, 2.45) is 5.92 Å². The molecular weight excluding hydrogens is 242 g/mol. The van der Waals surface area contributed by atoms with Gasteiger partial charge in [0, 0.05) is 17.5 Å². The lowest BCUT2D eigenvalue weighted by Crippen LogP contribution is -2.30. The van der Waals surface area contributed by atoms with Crippen LogP contribution < -0.4 is 5.32 Å². The Bertz CT molecular complexity index is 409. The Morgan fingerprint density at radius 2 is 2.17 bits per heavy atom. The first-order valence-electron chi connectivity index (χ1n) is 6.90. The van der Waals surface area contributed by atoms with Crippen LogP contribution in [0, 0.1) is 5.92 Å². The molecule has 98 valence electrons. The highest BCUT2D eigenvalue weighted by Crippen LogP contribution is 2.32. The van der Waals surface area contributed by atoms with Crippen molar-refractivity contribution < 1.29 is 5.11 Å². The molecule has 1 saturated carbocycles. The minimum atomic E-state index is -0.0511. The number of rotatable bonds is 3. The van der Waals surface area contributed by atoms with Crippen molar-refractivity contribution in [2.45, 2.75) is 37.2 Å². The maximum absolute atomic E-state index is 9.56. The Kier molecular flexibility index (Phi) is 3.92. The van der Waals surface area contributed by atoms with Crippen LogP contribution in [-0.2, 0) is 5.75 Å². The lowest BCUT2D eigenvalue weighted by molar-refractivity contribution is 0.177. The summed E-state index contributed by atoms with van der Waals surface area (Å²) in [7, 11) is 0. The van der Waals surface area contributed by atoms with Crippen LogP contribution in [0.2, 0.25) is 0 Å². The van der Waals surface area contributed by atoms with Crippen molar-refractivity contribution in [3.05, 3.63) is 35.4 Å². The number of aliphatic hydroxyl groups is 1. The fourth-order valence-corrected chi connectivity index (χ4v) is 4.23. The van der Waals surface area contributed by atoms with E-state index in [2.05, 4.69) is 29.6 Å². The second-order valence-corrected chi connectivity index (χ2v) is 6.54. The van der Waals surface area contributed by atoms with Crippen molar-refractivity contribution in [3.8, 4) is 0 Å². The molecule has 3 rings (SSSR count). The van der Waals surface area contributed by atoms with E-state index < -0.39 is 0 Å². The molecule has 1 aliphatic carbocycles. The van der Waals surface area contributed by atoms with Gasteiger partial charge in [0.15, 0.2) is 0 Å². The molecule has 2 nitrogen and oxygen atoms in total. The number of hydrogen-bond donors (Lipinski definition) is 2. The van der Waals surface area contributed by atoms with Crippen molar-refractivity contribution in [1.29, 1.82) is 0 Å². The van der Waals surface area contributed by atoms with Crippen LogP contribution in [-0.4, -0.2) is 23.5 Å². The van der Waals surface area contributed by atoms with E-state index in [0.717, 1.165) is 25.1 Å². The van der Waals surface area contributed by atoms with Gasteiger partial charge >= 0.3 is 0 Å². The Morgan fingerprint density at radius 1 is 1.28 bits per heavy atom. The summed E-state index contributed by atoms with van der Waals surface area (Å²) in [6.07, 6.45) is 3.09. The van der Waals surface area contributed by atoms with Gasteiger partial charge < -0.3 is 10.4 Å². The molecule has 18 heavy (non-hydrogen) atoms. The number of hydrogen-bond acceptors (Lipinski definition) is 3. The predicted octanol–water partition coefficient (Wildman–Crippen LogP) is 2.73. The van der Waals surface area contributed by atoms with Crippen LogP contribution in [0.1, 0.15) is 36.4 Å². The van der Waals surface area contributed by atoms with Gasteiger partial charge in [0.25, 0.3) is 0 Å². The van der Waals surface area contributed by atoms with E-state index >= 15 is 0 Å². The van der Waals surface area contributed by atoms with E-state index in [4.69, 9.17) is 0 Å². The first-order valence-corrected chi connectivity index (χ1v) is 8.05. The molecule has 1 aromatic carbocycles. The summed E-state index contributed by atoms with van der Waals surface area (Å²) >= 11 is 2.02. The van der Waals surface area contributed by atoms with Crippen LogP contribution >= 0.6 is 11.8 Å². The molecule has 3 heteroatoms. The van der Waals surface area contributed by atoms with Crippen molar-refractivity contribution in [3.63, 3.8) is 0 Å². The van der Waals surface area contributed by atoms with E-state index in [1.54, 1.807) is 0 Å². The van der Waals surface area contributed by atoms with E-state index in [1.165, 1.54) is 23.3 Å². The van der Waals surface area contributed by atoms with Gasteiger partial charge in [-0.3, -0.25) is 0 Å². The second-order valence-electron chi connectivity index (χ2n) is 5.51. The lowest BCUT2D eigenvalue weighted by atomic mass is 10.0. The summed E-state index contributed by atoms with van der Waals surface area (Å²) in [5.41, 5.74) is 2.97. The highest BCUT2D eigenvalue weighted by molar-refractivity contribution is 7.98. The van der Waals surface area contributed by atoms with Gasteiger partial charge in [-0.05, 0) is 42.9 Å². The van der Waals surface area contributed by atoms with Crippen molar-refractivity contribution in [2.75, 3.05) is 12.3 Å². The van der Waals surface area contributed by atoms with Crippen LogP contribution in [0.5, 0.6) is 0 Å². The minimum absolute atomic E-state index is 0.0511. The molecule has 0 amide bonds. The van der Waals surface area contributed by atoms with E-state index in [-0.39, 0.29) is 6.10 Å². The summed E-state index contributed by atoms with van der Waals surface area (Å²) in [5, 5.41) is 13.3. The van der Waals surface area contributed by atoms with Gasteiger partial charge in [-0.1, -0.05) is 24.3 Å². The third-order valence-corrected chi connectivity index (χ3v) is 5.22. The zero-order valence-corrected chi connectivity index (χ0v) is 11.5. The summed E-state index contributed by atoms with van der Waals surface area (Å²) in [6, 6.07) is 9.28. The van der Waals surface area contributed by atoms with Gasteiger partial charge in [-0.25, -0.2) is 0 Å². The Labute approximate surface area is 113 Å². The quantitative estimate of drug-likeness (QED) is 0.879. The molecule has 1 heterocycles. The van der Waals surface area contributed by atoms with Gasteiger partial charge in [0.1, 0.15) is 0 Å². The van der Waals surface area contributed by atoms with Crippen LogP contribution in [0.15, 0.2) is 24.3 Å². The third kappa shape index (κ3) is 2.73. The maximum Gasteiger partial charge on any atom is 0.0543 e. The molecule has 0 saturated heterocycles. The number of benzene rings is 1. The number of aliphatic hydroxyl groups excluding tert-OH is 1. The zero-order valence-electron chi connectivity index (χ0n) is 10.6. The van der Waals surface area contributed by atoms with Gasteiger partial charge in [-0.15, -0.1) is 0 Å². The summed E-state index contributed by atoms with van der Waals surface area (Å²) < 4.78 is 0. The third-order valence-electron chi connectivity index (χ3n) is 4.14. The number of nitrogens with one attached hydrogen (secondary N) is 1. The molecule has 1 fully saturated rings. The molecule has 2 N–H and O–H groups in total. The van der Waals surface area contributed by atoms with Crippen LogP contribution in [0.3, 0.4) is 0 Å². The average Bonchev–Trinajstić information content (AvgIpc) is 2.82. The molecule has 1 aromatic rings. The SMILES string of the molecule is OC1CCC(CNC2CSCc3ccccc32)C1. The second kappa shape index (κ2) is 5.64. The smallest absolute Gasteiger partial charge is 0.0543 e. The van der Waals surface area contributed by atoms with E-state index in [0.29, 0.717) is 12.0 Å². The van der Waals surface area contributed by atoms with E-state index in [9.17, 15) is 5.11 Å². The topological polar surface area (TPSA) is 32.3 Å². The average molecular weight is 263 g/mol. The van der Waals surface area contributed by atoms with Crippen molar-refractivity contribution >= 4 is 11.8 Å². The Morgan fingerprint density at radius 3 is 3.00 bits per heavy atom. The molecular formula is C15H21NOS. The molecule has 3 unspecified atom stereocenters. The minimum Gasteiger partial charge on any atom is -0.393 e. The standard InChI is InChI=1S/C15H21NOS/c17-13-6-5-11(7-13)8-16-15-10-18-9-12-3-1-2-4-14(12)15/h1-4,11,13,15-17H,5-10H2. The van der Waals surface area contributed by atoms with Gasteiger partial charge in [-0.2, -0.15) is 11.8 Å². The molecule has 2 aliphatic rings. The molecule has 0 bridgehead atoms. The maximum atomic E-state index is 9.56. The fraction of sp³-hybridized carbons (Fsp3) is 0.600. The summed E-state index contributed by atoms with van der Waals surface area (Å²) in [5.74, 6) is 2.99. The molecule has 0 radical (unpaired) electrons. The number of fused-ring (bicyclic) bond motifs is 1. The fourth-order valence-electron chi connectivity index (χ4n) is 3.09. The largest absolute Gasteiger partial charge is 0.393 e.